The van der Waals surface area contributed by atoms with Crippen LogP contribution in [0.5, 0.6) is 0 Å². The summed E-state index contributed by atoms with van der Waals surface area (Å²) in [6, 6.07) is 0. The van der Waals surface area contributed by atoms with Gasteiger partial charge in [-0.2, -0.15) is 0 Å². The van der Waals surface area contributed by atoms with Gasteiger partial charge in [0.1, 0.15) is 0 Å². The van der Waals surface area contributed by atoms with E-state index in [1.165, 1.54) is 17.2 Å². The standard InChI is InChI=1S/C13H20N2O3/c1-4-10-8(2)13(3,14)12(18-10)15-6-5-9(16)7-11(15)17/h5-6,8,10,12H,4,7,14H2,1-3H3/t8-,10-,12-,13-/m1/s1. The molecule has 0 unspecified atom stereocenters. The third-order valence-electron chi connectivity index (χ3n) is 4.06. The quantitative estimate of drug-likeness (QED) is 0.737. The fourth-order valence-electron chi connectivity index (χ4n) is 2.63. The van der Waals surface area contributed by atoms with Crippen molar-refractivity contribution in [2.24, 2.45) is 11.7 Å². The Morgan fingerprint density at radius 2 is 2.22 bits per heavy atom. The van der Waals surface area contributed by atoms with Crippen molar-refractivity contribution in [1.82, 2.24) is 4.90 Å². The number of amides is 1. The zero-order valence-electron chi connectivity index (χ0n) is 11.1. The van der Waals surface area contributed by atoms with Crippen LogP contribution in [0, 0.1) is 5.92 Å². The van der Waals surface area contributed by atoms with Crippen molar-refractivity contribution >= 4 is 11.7 Å². The van der Waals surface area contributed by atoms with Gasteiger partial charge in [-0.25, -0.2) is 0 Å². The fraction of sp³-hybridized carbons (Fsp3) is 0.692. The van der Waals surface area contributed by atoms with E-state index < -0.39 is 11.8 Å². The molecule has 0 aromatic heterocycles. The number of carbonyl (C=O) groups excluding carboxylic acids is 2. The Hall–Kier alpha value is -1.20. The van der Waals surface area contributed by atoms with E-state index in [9.17, 15) is 9.59 Å². The largest absolute Gasteiger partial charge is 0.352 e. The average Bonchev–Trinajstić information content (AvgIpc) is 2.52. The fourth-order valence-corrected chi connectivity index (χ4v) is 2.63. The summed E-state index contributed by atoms with van der Waals surface area (Å²) in [5, 5.41) is 0. The Morgan fingerprint density at radius 3 is 2.72 bits per heavy atom. The van der Waals surface area contributed by atoms with E-state index in [1.807, 2.05) is 20.8 Å². The van der Waals surface area contributed by atoms with Crippen LogP contribution in [0.4, 0.5) is 0 Å². The summed E-state index contributed by atoms with van der Waals surface area (Å²) in [5.41, 5.74) is 5.71. The number of carbonyl (C=O) groups is 2. The summed E-state index contributed by atoms with van der Waals surface area (Å²) in [7, 11) is 0. The Morgan fingerprint density at radius 1 is 1.56 bits per heavy atom. The second-order valence-electron chi connectivity index (χ2n) is 5.35. The van der Waals surface area contributed by atoms with Gasteiger partial charge in [0.25, 0.3) is 0 Å². The Labute approximate surface area is 107 Å². The van der Waals surface area contributed by atoms with Crippen molar-refractivity contribution in [2.45, 2.75) is 51.5 Å². The van der Waals surface area contributed by atoms with E-state index in [2.05, 4.69) is 0 Å². The van der Waals surface area contributed by atoms with Gasteiger partial charge in [-0.15, -0.1) is 0 Å². The Kier molecular flexibility index (Phi) is 3.29. The molecule has 2 heterocycles. The molecule has 2 rings (SSSR count). The summed E-state index contributed by atoms with van der Waals surface area (Å²) in [6.07, 6.45) is 3.21. The van der Waals surface area contributed by atoms with Crippen LogP contribution in [-0.4, -0.2) is 34.5 Å². The molecule has 2 aliphatic heterocycles. The zero-order valence-corrected chi connectivity index (χ0v) is 11.1. The molecular formula is C13H20N2O3. The van der Waals surface area contributed by atoms with E-state index in [0.717, 1.165) is 6.42 Å². The minimum absolute atomic E-state index is 0.0452. The van der Waals surface area contributed by atoms with Crippen molar-refractivity contribution in [2.75, 3.05) is 0 Å². The van der Waals surface area contributed by atoms with Crippen molar-refractivity contribution in [3.63, 3.8) is 0 Å². The number of ketones is 1. The van der Waals surface area contributed by atoms with E-state index >= 15 is 0 Å². The highest BCUT2D eigenvalue weighted by Gasteiger charge is 2.51. The lowest BCUT2D eigenvalue weighted by molar-refractivity contribution is -0.145. The SMILES string of the molecule is CC[C@H]1O[C@@H](N2C=CC(=O)CC2=O)[C@](C)(N)[C@@H]1C. The van der Waals surface area contributed by atoms with E-state index in [4.69, 9.17) is 10.5 Å². The summed E-state index contributed by atoms with van der Waals surface area (Å²) < 4.78 is 5.90. The van der Waals surface area contributed by atoms with Crippen LogP contribution in [-0.2, 0) is 14.3 Å². The van der Waals surface area contributed by atoms with Gasteiger partial charge in [-0.05, 0) is 19.4 Å². The maximum atomic E-state index is 11.9. The van der Waals surface area contributed by atoms with Crippen LogP contribution in [0.15, 0.2) is 12.3 Å². The molecule has 2 N–H and O–H groups in total. The highest BCUT2D eigenvalue weighted by molar-refractivity contribution is 6.06. The lowest BCUT2D eigenvalue weighted by Crippen LogP contribution is -2.57. The van der Waals surface area contributed by atoms with Crippen molar-refractivity contribution in [3.05, 3.63) is 12.3 Å². The molecule has 18 heavy (non-hydrogen) atoms. The molecule has 100 valence electrons. The summed E-state index contributed by atoms with van der Waals surface area (Å²) in [6.45, 7) is 5.98. The molecule has 5 heteroatoms. The van der Waals surface area contributed by atoms with Gasteiger partial charge in [0.2, 0.25) is 5.91 Å². The zero-order chi connectivity index (χ0) is 13.5. The number of hydrogen-bond acceptors (Lipinski definition) is 4. The molecule has 5 nitrogen and oxygen atoms in total. The first kappa shape index (κ1) is 13.2. The average molecular weight is 252 g/mol. The molecule has 1 saturated heterocycles. The molecule has 2 aliphatic rings. The number of ether oxygens (including phenoxy) is 1. The number of allylic oxidation sites excluding steroid dienone is 1. The van der Waals surface area contributed by atoms with E-state index in [0.29, 0.717) is 0 Å². The second kappa shape index (κ2) is 4.48. The van der Waals surface area contributed by atoms with Gasteiger partial charge in [0.05, 0.1) is 18.1 Å². The van der Waals surface area contributed by atoms with Gasteiger partial charge in [0, 0.05) is 12.1 Å². The normalized spacial score (nSPS) is 40.7. The van der Waals surface area contributed by atoms with Crippen LogP contribution in [0.2, 0.25) is 0 Å². The van der Waals surface area contributed by atoms with Gasteiger partial charge in [0.15, 0.2) is 12.0 Å². The van der Waals surface area contributed by atoms with Gasteiger partial charge in [-0.1, -0.05) is 13.8 Å². The van der Waals surface area contributed by atoms with Gasteiger partial charge >= 0.3 is 0 Å². The molecule has 0 spiro atoms. The van der Waals surface area contributed by atoms with Crippen molar-refractivity contribution in [3.8, 4) is 0 Å². The predicted molar refractivity (Wildman–Crippen MR) is 66.3 cm³/mol. The summed E-state index contributed by atoms with van der Waals surface area (Å²) >= 11 is 0. The maximum absolute atomic E-state index is 11.9. The highest BCUT2D eigenvalue weighted by atomic mass is 16.5. The first-order valence-electron chi connectivity index (χ1n) is 6.34. The van der Waals surface area contributed by atoms with Crippen LogP contribution >= 0.6 is 0 Å². The molecule has 4 atom stereocenters. The van der Waals surface area contributed by atoms with E-state index in [1.54, 1.807) is 0 Å². The predicted octanol–water partition coefficient (Wildman–Crippen LogP) is 0.790. The second-order valence-corrected chi connectivity index (χ2v) is 5.35. The number of hydrogen-bond donors (Lipinski definition) is 1. The topological polar surface area (TPSA) is 72.6 Å². The van der Waals surface area contributed by atoms with Crippen LogP contribution in [0.3, 0.4) is 0 Å². The lowest BCUT2D eigenvalue weighted by atomic mass is 9.84. The first-order valence-corrected chi connectivity index (χ1v) is 6.34. The minimum Gasteiger partial charge on any atom is -0.352 e. The van der Waals surface area contributed by atoms with Gasteiger partial charge < -0.3 is 10.5 Å². The van der Waals surface area contributed by atoms with Crippen LogP contribution in [0.25, 0.3) is 0 Å². The molecule has 0 bridgehead atoms. The molecule has 0 radical (unpaired) electrons. The van der Waals surface area contributed by atoms with Crippen molar-refractivity contribution < 1.29 is 14.3 Å². The maximum Gasteiger partial charge on any atom is 0.236 e. The number of rotatable bonds is 2. The number of nitrogens with two attached hydrogens (primary N) is 1. The molecule has 1 amide bonds. The van der Waals surface area contributed by atoms with Crippen molar-refractivity contribution in [1.29, 1.82) is 0 Å². The third-order valence-corrected chi connectivity index (χ3v) is 4.06. The molecule has 0 aliphatic carbocycles. The van der Waals surface area contributed by atoms with E-state index in [-0.39, 0.29) is 30.1 Å². The Balaban J connectivity index is 2.26. The molecule has 0 aromatic carbocycles. The molecular weight excluding hydrogens is 232 g/mol. The minimum atomic E-state index is -0.610. The van der Waals surface area contributed by atoms with Crippen LogP contribution < -0.4 is 5.73 Å². The van der Waals surface area contributed by atoms with Gasteiger partial charge in [-0.3, -0.25) is 14.5 Å². The lowest BCUT2D eigenvalue weighted by Gasteiger charge is -2.36. The molecule has 1 fully saturated rings. The monoisotopic (exact) mass is 252 g/mol. The van der Waals surface area contributed by atoms with Crippen LogP contribution in [0.1, 0.15) is 33.6 Å². The Bertz CT molecular complexity index is 403. The molecule has 0 aromatic rings. The smallest absolute Gasteiger partial charge is 0.236 e. The summed E-state index contributed by atoms with van der Waals surface area (Å²) in [5.74, 6) is -0.257. The summed E-state index contributed by atoms with van der Waals surface area (Å²) in [4.78, 5) is 24.5. The third kappa shape index (κ3) is 1.97. The first-order chi connectivity index (χ1) is 8.37. The number of nitrogens with zero attached hydrogens (tertiary/aromatic N) is 1. The molecule has 0 saturated carbocycles. The highest BCUT2D eigenvalue weighted by Crippen LogP contribution is 2.38.